The van der Waals surface area contributed by atoms with Crippen LogP contribution in [0, 0.1) is 5.82 Å². The molecule has 2 atom stereocenters. The molecule has 1 spiro atoms. The lowest BCUT2D eigenvalue weighted by Crippen LogP contribution is -2.43. The second-order valence-electron chi connectivity index (χ2n) is 7.69. The molecule has 2 aliphatic rings. The van der Waals surface area contributed by atoms with Gasteiger partial charge in [0.1, 0.15) is 24.2 Å². The van der Waals surface area contributed by atoms with E-state index in [1.807, 2.05) is 0 Å². The number of rotatable bonds is 7. The number of carbonyl (C=O) groups is 1. The van der Waals surface area contributed by atoms with Crippen LogP contribution in [0.4, 0.5) is 9.18 Å². The lowest BCUT2D eigenvalue weighted by atomic mass is 9.88. The number of carbonyl (C=O) groups excluding carboxylic acids is 1. The van der Waals surface area contributed by atoms with Gasteiger partial charge in [-0.05, 0) is 44.5 Å². The molecule has 0 aliphatic carbocycles. The Balaban J connectivity index is 1.41. The highest BCUT2D eigenvalue weighted by Crippen LogP contribution is 2.33. The van der Waals surface area contributed by atoms with E-state index in [2.05, 4.69) is 10.6 Å². The summed E-state index contributed by atoms with van der Waals surface area (Å²) in [6.45, 7) is 1.45. The van der Waals surface area contributed by atoms with Crippen molar-refractivity contribution in [2.45, 2.75) is 41.9 Å². The van der Waals surface area contributed by atoms with Crippen molar-refractivity contribution in [1.29, 1.82) is 0 Å². The van der Waals surface area contributed by atoms with Gasteiger partial charge in [-0.25, -0.2) is 17.6 Å². The number of hydrogen-bond acceptors (Lipinski definition) is 8. The summed E-state index contributed by atoms with van der Waals surface area (Å²) >= 11 is 0. The van der Waals surface area contributed by atoms with E-state index < -0.39 is 32.7 Å². The molecule has 2 fully saturated rings. The smallest absolute Gasteiger partial charge is 0.407 e. The fraction of sp³-hybridized carbons (Fsp3) is 0.632. The van der Waals surface area contributed by atoms with E-state index in [1.165, 1.54) is 12.1 Å². The molecular weight excluding hydrogens is 419 g/mol. The lowest BCUT2D eigenvalue weighted by Gasteiger charge is -2.32. The minimum Gasteiger partial charge on any atom is -0.488 e. The first-order valence-corrected chi connectivity index (χ1v) is 11.7. The first kappa shape index (κ1) is 22.7. The number of ether oxygens (including phenoxy) is 3. The fourth-order valence-corrected chi connectivity index (χ4v) is 4.42. The molecule has 1 aromatic rings. The Hall–Kier alpha value is -1.95. The van der Waals surface area contributed by atoms with Crippen molar-refractivity contribution < 1.29 is 36.9 Å². The summed E-state index contributed by atoms with van der Waals surface area (Å²) in [5, 5.41) is 15.9. The van der Waals surface area contributed by atoms with Gasteiger partial charge in [0.05, 0.1) is 18.2 Å². The van der Waals surface area contributed by atoms with Gasteiger partial charge in [0.2, 0.25) is 0 Å². The molecule has 0 aromatic heterocycles. The number of alkyl carbamates (subject to hydrolysis) is 1. The molecule has 9 nitrogen and oxygen atoms in total. The van der Waals surface area contributed by atoms with E-state index in [4.69, 9.17) is 14.2 Å². The molecule has 168 valence electrons. The molecular formula is C19H27FN2O7S. The molecule has 2 aliphatic heterocycles. The summed E-state index contributed by atoms with van der Waals surface area (Å²) in [7, 11) is -3.75. The molecule has 0 unspecified atom stereocenters. The molecule has 1 amide bonds. The van der Waals surface area contributed by atoms with Gasteiger partial charge >= 0.3 is 6.09 Å². The van der Waals surface area contributed by atoms with Crippen molar-refractivity contribution in [3.05, 3.63) is 24.0 Å². The number of nitrogens with one attached hydrogen (secondary N) is 2. The van der Waals surface area contributed by atoms with E-state index in [1.54, 1.807) is 0 Å². The van der Waals surface area contributed by atoms with Crippen molar-refractivity contribution in [2.75, 3.05) is 39.2 Å². The van der Waals surface area contributed by atoms with Gasteiger partial charge in [-0.2, -0.15) is 0 Å². The van der Waals surface area contributed by atoms with Crippen LogP contribution in [-0.2, 0) is 19.3 Å². The van der Waals surface area contributed by atoms with Crippen LogP contribution in [0.1, 0.15) is 19.3 Å². The second kappa shape index (κ2) is 9.46. The highest BCUT2D eigenvalue weighted by molar-refractivity contribution is 7.90. The van der Waals surface area contributed by atoms with Gasteiger partial charge in [0, 0.05) is 6.26 Å². The summed E-state index contributed by atoms with van der Waals surface area (Å²) in [6, 6.07) is 3.56. The summed E-state index contributed by atoms with van der Waals surface area (Å²) in [5.74, 6) is -1.34. The number of aliphatic hydroxyl groups is 1. The zero-order valence-corrected chi connectivity index (χ0v) is 17.5. The maximum absolute atomic E-state index is 14.2. The highest BCUT2D eigenvalue weighted by Gasteiger charge is 2.41. The zero-order chi connectivity index (χ0) is 21.8. The third-order valence-corrected chi connectivity index (χ3v) is 6.33. The van der Waals surface area contributed by atoms with E-state index in [0.717, 1.165) is 38.3 Å². The molecule has 11 heteroatoms. The van der Waals surface area contributed by atoms with Crippen LogP contribution in [0.5, 0.6) is 5.75 Å². The molecule has 1 aromatic carbocycles. The predicted octanol–water partition coefficient (Wildman–Crippen LogP) is 0.606. The zero-order valence-electron chi connectivity index (χ0n) is 16.7. The first-order valence-electron chi connectivity index (χ1n) is 9.76. The van der Waals surface area contributed by atoms with Gasteiger partial charge < -0.3 is 30.0 Å². The van der Waals surface area contributed by atoms with E-state index >= 15 is 0 Å². The number of amides is 1. The average Bonchev–Trinajstić information content (AvgIpc) is 3.06. The first-order chi connectivity index (χ1) is 14.2. The Morgan fingerprint density at radius 2 is 2.13 bits per heavy atom. The maximum Gasteiger partial charge on any atom is 0.407 e. The third kappa shape index (κ3) is 5.81. The molecule has 3 N–H and O–H groups in total. The number of benzene rings is 1. The predicted molar refractivity (Wildman–Crippen MR) is 105 cm³/mol. The van der Waals surface area contributed by atoms with Crippen LogP contribution in [0.2, 0.25) is 0 Å². The Labute approximate surface area is 174 Å². The fourth-order valence-electron chi connectivity index (χ4n) is 3.67. The number of sulfone groups is 1. The van der Waals surface area contributed by atoms with Gasteiger partial charge in [-0.3, -0.25) is 0 Å². The minimum absolute atomic E-state index is 0.156. The second-order valence-corrected chi connectivity index (χ2v) is 9.68. The van der Waals surface area contributed by atoms with Crippen LogP contribution in [0.25, 0.3) is 0 Å². The van der Waals surface area contributed by atoms with Gasteiger partial charge in [-0.15, -0.1) is 0 Å². The minimum atomic E-state index is -3.75. The molecule has 30 heavy (non-hydrogen) atoms. The van der Waals surface area contributed by atoms with Crippen molar-refractivity contribution in [3.63, 3.8) is 0 Å². The Morgan fingerprint density at radius 3 is 2.83 bits per heavy atom. The van der Waals surface area contributed by atoms with Gasteiger partial charge in [-0.1, -0.05) is 6.07 Å². The number of halogens is 1. The van der Waals surface area contributed by atoms with E-state index in [-0.39, 0.29) is 30.6 Å². The van der Waals surface area contributed by atoms with Crippen LogP contribution in [0.3, 0.4) is 0 Å². The summed E-state index contributed by atoms with van der Waals surface area (Å²) in [4.78, 5) is 11.5. The molecule has 2 saturated heterocycles. The van der Waals surface area contributed by atoms with Gasteiger partial charge in [0.15, 0.2) is 21.4 Å². The Bertz CT molecular complexity index is 858. The molecule has 0 bridgehead atoms. The van der Waals surface area contributed by atoms with E-state index in [0.29, 0.717) is 13.0 Å². The van der Waals surface area contributed by atoms with Crippen molar-refractivity contribution in [2.24, 2.45) is 0 Å². The third-order valence-electron chi connectivity index (χ3n) is 5.21. The summed E-state index contributed by atoms with van der Waals surface area (Å²) in [6.07, 6.45) is 1.50. The number of piperidine rings is 1. The summed E-state index contributed by atoms with van der Waals surface area (Å²) < 4.78 is 53.3. The van der Waals surface area contributed by atoms with Crippen LogP contribution in [-0.4, -0.2) is 76.5 Å². The van der Waals surface area contributed by atoms with Crippen molar-refractivity contribution in [1.82, 2.24) is 10.6 Å². The molecule has 0 saturated carbocycles. The Morgan fingerprint density at radius 1 is 1.40 bits per heavy atom. The summed E-state index contributed by atoms with van der Waals surface area (Å²) in [5.41, 5.74) is -0.193. The normalized spacial score (nSPS) is 21.9. The van der Waals surface area contributed by atoms with Crippen LogP contribution >= 0.6 is 0 Å². The Kier molecular flexibility index (Phi) is 7.17. The van der Waals surface area contributed by atoms with Crippen LogP contribution in [0.15, 0.2) is 23.1 Å². The lowest BCUT2D eigenvalue weighted by molar-refractivity contribution is -0.0194. The van der Waals surface area contributed by atoms with Crippen LogP contribution < -0.4 is 15.4 Å². The quantitative estimate of drug-likeness (QED) is 0.557. The molecule has 0 radical (unpaired) electrons. The largest absolute Gasteiger partial charge is 0.488 e. The van der Waals surface area contributed by atoms with Gasteiger partial charge in [0.25, 0.3) is 0 Å². The topological polar surface area (TPSA) is 123 Å². The monoisotopic (exact) mass is 446 g/mol. The molecule has 2 heterocycles. The highest BCUT2D eigenvalue weighted by atomic mass is 32.2. The molecule has 3 rings (SSSR count). The van der Waals surface area contributed by atoms with E-state index in [9.17, 15) is 22.7 Å². The standard InChI is InChI=1S/C19H27FN2O7S/c1-30(25,26)16-4-2-3-15(17(16)20)27-11-14(23)12-28-18(24)22-13-9-19(29-10-13)5-7-21-8-6-19/h2-4,13-14,21,23H,5-12H2,1H3,(H,22,24)/t13-,14-/m0/s1. The average molecular weight is 446 g/mol. The van der Waals surface area contributed by atoms with Crippen molar-refractivity contribution in [3.8, 4) is 5.75 Å². The number of aliphatic hydroxyl groups excluding tert-OH is 1. The SMILES string of the molecule is CS(=O)(=O)c1cccc(OC[C@H](O)COC(=O)N[C@@H]2COC3(CCNCC3)C2)c1F. The number of hydrogen-bond donors (Lipinski definition) is 3. The van der Waals surface area contributed by atoms with Crippen molar-refractivity contribution >= 4 is 15.9 Å². The maximum atomic E-state index is 14.2.